The topological polar surface area (TPSA) is 75.7 Å². The summed E-state index contributed by atoms with van der Waals surface area (Å²) in [7, 11) is -3.40. The molecule has 0 saturated carbocycles. The van der Waals surface area contributed by atoms with E-state index >= 15 is 0 Å². The third kappa shape index (κ3) is 6.49. The van der Waals surface area contributed by atoms with E-state index in [1.807, 2.05) is 0 Å². The summed E-state index contributed by atoms with van der Waals surface area (Å²) in [6, 6.07) is 6.79. The normalized spacial score (nSPS) is 17.3. The number of carbonyl (C=O) groups is 1. The summed E-state index contributed by atoms with van der Waals surface area (Å²) < 4.78 is 31.8. The Morgan fingerprint density at radius 2 is 1.96 bits per heavy atom. The summed E-state index contributed by atoms with van der Waals surface area (Å²) in [5.74, 6) is -0.0717. The molecule has 0 spiro atoms. The molecule has 1 aliphatic rings. The largest absolute Gasteiger partial charge is 0.444 e. The van der Waals surface area contributed by atoms with Crippen LogP contribution in [0.3, 0.4) is 0 Å². The number of ether oxygens (including phenoxy) is 1. The minimum absolute atomic E-state index is 0.0717. The number of nitrogens with one attached hydrogen (secondary N) is 1. The van der Waals surface area contributed by atoms with Gasteiger partial charge in [0.1, 0.15) is 5.60 Å². The fraction of sp³-hybridized carbons (Fsp3) is 0.588. The van der Waals surface area contributed by atoms with Crippen LogP contribution in [0.1, 0.15) is 39.2 Å². The second-order valence-corrected chi connectivity index (χ2v) is 9.61. The molecule has 8 heteroatoms. The first-order valence-corrected chi connectivity index (χ1v) is 10.3. The molecular formula is C17H25ClN2O4S. The molecule has 0 unspecified atom stereocenters. The van der Waals surface area contributed by atoms with Gasteiger partial charge in [-0.3, -0.25) is 0 Å². The minimum Gasteiger partial charge on any atom is -0.444 e. The maximum absolute atomic E-state index is 12.6. The highest BCUT2D eigenvalue weighted by Gasteiger charge is 2.29. The Labute approximate surface area is 154 Å². The molecule has 140 valence electrons. The predicted octanol–water partition coefficient (Wildman–Crippen LogP) is 3.16. The van der Waals surface area contributed by atoms with Crippen LogP contribution in [-0.2, 0) is 20.5 Å². The Hall–Kier alpha value is -1.31. The van der Waals surface area contributed by atoms with Gasteiger partial charge < -0.3 is 10.1 Å². The van der Waals surface area contributed by atoms with Crippen molar-refractivity contribution in [1.29, 1.82) is 0 Å². The number of amides is 1. The van der Waals surface area contributed by atoms with Crippen molar-refractivity contribution in [2.45, 2.75) is 51.0 Å². The lowest BCUT2D eigenvalue weighted by Gasteiger charge is -2.32. The van der Waals surface area contributed by atoms with E-state index in [2.05, 4.69) is 5.32 Å². The van der Waals surface area contributed by atoms with Crippen molar-refractivity contribution >= 4 is 27.7 Å². The Bertz CT molecular complexity index is 708. The lowest BCUT2D eigenvalue weighted by atomic mass is 10.1. The van der Waals surface area contributed by atoms with E-state index in [1.54, 1.807) is 45.0 Å². The van der Waals surface area contributed by atoms with E-state index in [1.165, 1.54) is 4.31 Å². The van der Waals surface area contributed by atoms with Crippen molar-refractivity contribution in [3.63, 3.8) is 0 Å². The number of hydrogen-bond acceptors (Lipinski definition) is 4. The molecule has 1 N–H and O–H groups in total. The summed E-state index contributed by atoms with van der Waals surface area (Å²) in [5, 5.41) is 3.33. The Kier molecular flexibility index (Phi) is 6.35. The number of sulfonamides is 1. The first-order valence-electron chi connectivity index (χ1n) is 8.27. The molecule has 25 heavy (non-hydrogen) atoms. The Morgan fingerprint density at radius 3 is 2.52 bits per heavy atom. The number of rotatable bonds is 4. The molecule has 0 radical (unpaired) electrons. The molecule has 6 nitrogen and oxygen atoms in total. The van der Waals surface area contributed by atoms with E-state index in [0.29, 0.717) is 36.5 Å². The van der Waals surface area contributed by atoms with Gasteiger partial charge in [-0.15, -0.1) is 0 Å². The molecule has 0 aromatic heterocycles. The SMILES string of the molecule is CC(C)(C)OC(=O)NC1CCN(S(=O)(=O)Cc2cccc(Cl)c2)CC1. The van der Waals surface area contributed by atoms with Crippen molar-refractivity contribution in [2.24, 2.45) is 0 Å². The van der Waals surface area contributed by atoms with E-state index in [4.69, 9.17) is 16.3 Å². The average Bonchev–Trinajstić information content (AvgIpc) is 2.45. The summed E-state index contributed by atoms with van der Waals surface area (Å²) in [6.07, 6.45) is 0.662. The van der Waals surface area contributed by atoms with Crippen LogP contribution in [0.25, 0.3) is 0 Å². The van der Waals surface area contributed by atoms with Gasteiger partial charge in [0.2, 0.25) is 10.0 Å². The summed E-state index contributed by atoms with van der Waals surface area (Å²) in [5.41, 5.74) is 0.118. The number of benzene rings is 1. The third-order valence-electron chi connectivity index (χ3n) is 3.81. The van der Waals surface area contributed by atoms with Crippen molar-refractivity contribution in [3.8, 4) is 0 Å². The minimum atomic E-state index is -3.40. The van der Waals surface area contributed by atoms with Crippen LogP contribution in [0.2, 0.25) is 5.02 Å². The fourth-order valence-electron chi connectivity index (χ4n) is 2.68. The number of carbonyl (C=O) groups excluding carboxylic acids is 1. The second-order valence-electron chi connectivity index (χ2n) is 7.21. The molecule has 0 bridgehead atoms. The second kappa shape index (κ2) is 7.93. The number of hydrogen-bond donors (Lipinski definition) is 1. The molecule has 1 aliphatic heterocycles. The average molecular weight is 389 g/mol. The van der Waals surface area contributed by atoms with Gasteiger partial charge in [-0.2, -0.15) is 0 Å². The number of piperidine rings is 1. The van der Waals surface area contributed by atoms with Crippen molar-refractivity contribution in [2.75, 3.05) is 13.1 Å². The monoisotopic (exact) mass is 388 g/mol. The fourth-order valence-corrected chi connectivity index (χ4v) is 4.44. The molecule has 1 amide bonds. The van der Waals surface area contributed by atoms with Gasteiger partial charge in [0.15, 0.2) is 0 Å². The van der Waals surface area contributed by atoms with Gasteiger partial charge in [-0.1, -0.05) is 23.7 Å². The lowest BCUT2D eigenvalue weighted by molar-refractivity contribution is 0.0489. The van der Waals surface area contributed by atoms with Crippen LogP contribution < -0.4 is 5.32 Å². The zero-order valence-electron chi connectivity index (χ0n) is 14.8. The van der Waals surface area contributed by atoms with Crippen LogP contribution in [0.15, 0.2) is 24.3 Å². The summed E-state index contributed by atoms with van der Waals surface area (Å²) in [4.78, 5) is 11.8. The molecule has 1 saturated heterocycles. The molecule has 1 fully saturated rings. The highest BCUT2D eigenvalue weighted by atomic mass is 35.5. The van der Waals surface area contributed by atoms with E-state index < -0.39 is 21.7 Å². The van der Waals surface area contributed by atoms with Crippen molar-refractivity contribution in [3.05, 3.63) is 34.9 Å². The van der Waals surface area contributed by atoms with Crippen LogP contribution >= 0.6 is 11.6 Å². The number of nitrogens with zero attached hydrogens (tertiary/aromatic N) is 1. The van der Waals surface area contributed by atoms with Gasteiger partial charge in [0.25, 0.3) is 0 Å². The van der Waals surface area contributed by atoms with Crippen molar-refractivity contribution in [1.82, 2.24) is 9.62 Å². The maximum Gasteiger partial charge on any atom is 0.407 e. The first-order chi connectivity index (χ1) is 11.5. The van der Waals surface area contributed by atoms with Gasteiger partial charge >= 0.3 is 6.09 Å². The highest BCUT2D eigenvalue weighted by Crippen LogP contribution is 2.20. The molecule has 0 aliphatic carbocycles. The molecule has 2 rings (SSSR count). The van der Waals surface area contributed by atoms with Crippen LogP contribution in [-0.4, -0.2) is 43.5 Å². The molecule has 1 aromatic carbocycles. The van der Waals surface area contributed by atoms with Gasteiger partial charge in [0, 0.05) is 24.2 Å². The first kappa shape index (κ1) is 20.0. The van der Waals surface area contributed by atoms with Gasteiger partial charge in [-0.25, -0.2) is 17.5 Å². The summed E-state index contributed by atoms with van der Waals surface area (Å²) in [6.45, 7) is 6.17. The predicted molar refractivity (Wildman–Crippen MR) is 98.0 cm³/mol. The molecule has 1 heterocycles. The smallest absolute Gasteiger partial charge is 0.407 e. The molecular weight excluding hydrogens is 364 g/mol. The van der Waals surface area contributed by atoms with Gasteiger partial charge in [0.05, 0.1) is 5.75 Å². The maximum atomic E-state index is 12.6. The van der Waals surface area contributed by atoms with Crippen molar-refractivity contribution < 1.29 is 17.9 Å². The van der Waals surface area contributed by atoms with E-state index in [0.717, 1.165) is 0 Å². The zero-order valence-corrected chi connectivity index (χ0v) is 16.4. The van der Waals surface area contributed by atoms with E-state index in [9.17, 15) is 13.2 Å². The quantitative estimate of drug-likeness (QED) is 0.859. The summed E-state index contributed by atoms with van der Waals surface area (Å²) >= 11 is 5.91. The van der Waals surface area contributed by atoms with E-state index in [-0.39, 0.29) is 11.8 Å². The standard InChI is InChI=1S/C17H25ClN2O4S/c1-17(2,3)24-16(21)19-15-7-9-20(10-8-15)25(22,23)12-13-5-4-6-14(18)11-13/h4-6,11,15H,7-10,12H2,1-3H3,(H,19,21). The molecule has 1 aromatic rings. The number of alkyl carbamates (subject to hydrolysis) is 1. The zero-order chi connectivity index (χ0) is 18.7. The van der Waals surface area contributed by atoms with Crippen LogP contribution in [0.4, 0.5) is 4.79 Å². The van der Waals surface area contributed by atoms with Crippen LogP contribution in [0.5, 0.6) is 0 Å². The Balaban J connectivity index is 1.87. The van der Waals surface area contributed by atoms with Crippen LogP contribution in [0, 0.1) is 0 Å². The Morgan fingerprint density at radius 1 is 1.32 bits per heavy atom. The van der Waals surface area contributed by atoms with Gasteiger partial charge in [-0.05, 0) is 51.3 Å². The number of halogens is 1. The third-order valence-corrected chi connectivity index (χ3v) is 5.89. The lowest BCUT2D eigenvalue weighted by Crippen LogP contribution is -2.47. The highest BCUT2D eigenvalue weighted by molar-refractivity contribution is 7.88. The molecule has 0 atom stereocenters.